The molecule has 19 heavy (non-hydrogen) atoms. The highest BCUT2D eigenvalue weighted by Gasteiger charge is 2.17. The number of allylic oxidation sites excluding steroid dienone is 2. The van der Waals surface area contributed by atoms with Crippen molar-refractivity contribution in [2.75, 3.05) is 0 Å². The second-order valence-corrected chi connectivity index (χ2v) is 4.82. The van der Waals surface area contributed by atoms with E-state index >= 15 is 0 Å². The van der Waals surface area contributed by atoms with E-state index in [1.807, 2.05) is 19.9 Å². The first-order chi connectivity index (χ1) is 8.88. The zero-order valence-electron chi connectivity index (χ0n) is 11.3. The predicted octanol–water partition coefficient (Wildman–Crippen LogP) is 1.05. The van der Waals surface area contributed by atoms with E-state index in [-0.39, 0.29) is 10.8 Å². The number of aromatic nitrogens is 4. The lowest BCUT2D eigenvalue weighted by atomic mass is 10.3. The van der Waals surface area contributed by atoms with E-state index in [0.29, 0.717) is 17.7 Å². The summed E-state index contributed by atoms with van der Waals surface area (Å²) in [5.74, 6) is 0. The first-order valence-corrected chi connectivity index (χ1v) is 6.19. The van der Waals surface area contributed by atoms with E-state index in [2.05, 4.69) is 4.98 Å². The lowest BCUT2D eigenvalue weighted by molar-refractivity contribution is 0.701. The summed E-state index contributed by atoms with van der Waals surface area (Å²) in [7, 11) is 3.01. The van der Waals surface area contributed by atoms with Crippen LogP contribution in [0.15, 0.2) is 21.2 Å². The van der Waals surface area contributed by atoms with Gasteiger partial charge in [0.1, 0.15) is 0 Å². The van der Waals surface area contributed by atoms with Crippen LogP contribution in [0.2, 0.25) is 5.28 Å². The molecule has 0 saturated heterocycles. The van der Waals surface area contributed by atoms with Crippen molar-refractivity contribution >= 4 is 22.8 Å². The maximum absolute atomic E-state index is 12.2. The third kappa shape index (κ3) is 2.02. The summed E-state index contributed by atoms with van der Waals surface area (Å²) in [6.45, 7) is 4.32. The summed E-state index contributed by atoms with van der Waals surface area (Å²) in [5, 5.41) is 0.203. The Hall–Kier alpha value is -1.82. The highest BCUT2D eigenvalue weighted by Crippen LogP contribution is 2.17. The molecule has 0 atom stereocenters. The standard InChI is InChI=1S/C12H15ClN4O2/c1-5-7(2)6-17-8-9(14-11(17)13)15(3)12(19)16(4)10(8)18/h5H,6H2,1-4H3. The maximum Gasteiger partial charge on any atom is 0.332 e. The Morgan fingerprint density at radius 1 is 1.32 bits per heavy atom. The summed E-state index contributed by atoms with van der Waals surface area (Å²) in [4.78, 5) is 28.2. The minimum atomic E-state index is -0.415. The van der Waals surface area contributed by atoms with Crippen molar-refractivity contribution < 1.29 is 0 Å². The fourth-order valence-electron chi connectivity index (χ4n) is 1.90. The first-order valence-electron chi connectivity index (χ1n) is 5.82. The van der Waals surface area contributed by atoms with Crippen LogP contribution in [0.25, 0.3) is 11.2 Å². The minimum Gasteiger partial charge on any atom is -0.305 e. The number of hydrogen-bond donors (Lipinski definition) is 0. The van der Waals surface area contributed by atoms with Gasteiger partial charge in [0.25, 0.3) is 5.56 Å². The maximum atomic E-state index is 12.2. The molecule has 0 aliphatic rings. The van der Waals surface area contributed by atoms with E-state index in [1.165, 1.54) is 11.6 Å². The predicted molar refractivity (Wildman–Crippen MR) is 74.7 cm³/mol. The molecule has 2 heterocycles. The van der Waals surface area contributed by atoms with Crippen molar-refractivity contribution in [1.29, 1.82) is 0 Å². The van der Waals surface area contributed by atoms with Crippen molar-refractivity contribution in [3.8, 4) is 0 Å². The number of fused-ring (bicyclic) bond motifs is 1. The van der Waals surface area contributed by atoms with Crippen molar-refractivity contribution in [2.24, 2.45) is 14.1 Å². The van der Waals surface area contributed by atoms with Crippen LogP contribution in [0.1, 0.15) is 13.8 Å². The third-order valence-corrected chi connectivity index (χ3v) is 3.49. The Kier molecular flexibility index (Phi) is 3.36. The second-order valence-electron chi connectivity index (χ2n) is 4.48. The molecule has 0 aliphatic heterocycles. The van der Waals surface area contributed by atoms with Crippen LogP contribution < -0.4 is 11.2 Å². The van der Waals surface area contributed by atoms with E-state index in [0.717, 1.165) is 10.1 Å². The zero-order valence-corrected chi connectivity index (χ0v) is 12.0. The van der Waals surface area contributed by atoms with Crippen LogP contribution in [0.5, 0.6) is 0 Å². The number of aryl methyl sites for hydroxylation is 1. The Balaban J connectivity index is 2.91. The molecule has 102 valence electrons. The van der Waals surface area contributed by atoms with E-state index < -0.39 is 5.69 Å². The largest absolute Gasteiger partial charge is 0.332 e. The summed E-state index contributed by atoms with van der Waals surface area (Å²) < 4.78 is 4.00. The van der Waals surface area contributed by atoms with Crippen LogP contribution in [-0.2, 0) is 20.6 Å². The van der Waals surface area contributed by atoms with Gasteiger partial charge in [-0.1, -0.05) is 11.6 Å². The van der Waals surface area contributed by atoms with Gasteiger partial charge in [0, 0.05) is 20.6 Å². The SMILES string of the molecule is CC=C(C)Cn1c(Cl)nc2c1c(=O)n(C)c(=O)n2C. The Morgan fingerprint density at radius 3 is 2.53 bits per heavy atom. The molecule has 0 amide bonds. The molecule has 2 aromatic heterocycles. The molecule has 6 nitrogen and oxygen atoms in total. The number of hydrogen-bond acceptors (Lipinski definition) is 3. The monoisotopic (exact) mass is 282 g/mol. The Labute approximate surface area is 114 Å². The number of imidazole rings is 1. The molecule has 0 spiro atoms. The lowest BCUT2D eigenvalue weighted by Crippen LogP contribution is -2.37. The summed E-state index contributed by atoms with van der Waals surface area (Å²) >= 11 is 6.08. The molecular formula is C12H15ClN4O2. The second kappa shape index (κ2) is 4.70. The van der Waals surface area contributed by atoms with Gasteiger partial charge in [-0.3, -0.25) is 13.9 Å². The topological polar surface area (TPSA) is 61.8 Å². The number of nitrogens with zero attached hydrogens (tertiary/aromatic N) is 4. The smallest absolute Gasteiger partial charge is 0.305 e. The van der Waals surface area contributed by atoms with Crippen molar-refractivity contribution in [3.05, 3.63) is 37.8 Å². The zero-order chi connectivity index (χ0) is 14.3. The van der Waals surface area contributed by atoms with Gasteiger partial charge in [0.05, 0.1) is 0 Å². The average Bonchev–Trinajstić information content (AvgIpc) is 2.71. The van der Waals surface area contributed by atoms with E-state index in [9.17, 15) is 9.59 Å². The van der Waals surface area contributed by atoms with Gasteiger partial charge < -0.3 is 4.57 Å². The quantitative estimate of drug-likeness (QED) is 0.611. The van der Waals surface area contributed by atoms with E-state index in [1.54, 1.807) is 11.6 Å². The van der Waals surface area contributed by atoms with Crippen LogP contribution in [0, 0.1) is 0 Å². The van der Waals surface area contributed by atoms with Gasteiger partial charge in [-0.05, 0) is 25.4 Å². The number of halogens is 1. The van der Waals surface area contributed by atoms with Gasteiger partial charge in [-0.2, -0.15) is 4.98 Å². The fourth-order valence-corrected chi connectivity index (χ4v) is 2.13. The highest BCUT2D eigenvalue weighted by molar-refractivity contribution is 6.29. The van der Waals surface area contributed by atoms with Crippen LogP contribution in [-0.4, -0.2) is 18.7 Å². The Morgan fingerprint density at radius 2 is 1.95 bits per heavy atom. The van der Waals surface area contributed by atoms with Crippen molar-refractivity contribution in [3.63, 3.8) is 0 Å². The number of rotatable bonds is 2. The normalized spacial score (nSPS) is 12.4. The van der Waals surface area contributed by atoms with Gasteiger partial charge in [0.2, 0.25) is 5.28 Å². The average molecular weight is 283 g/mol. The molecule has 0 aliphatic carbocycles. The summed E-state index contributed by atoms with van der Waals surface area (Å²) in [5.41, 5.74) is 0.901. The van der Waals surface area contributed by atoms with Gasteiger partial charge in [-0.15, -0.1) is 0 Å². The summed E-state index contributed by atoms with van der Waals surface area (Å²) in [6.07, 6.45) is 1.94. The van der Waals surface area contributed by atoms with Crippen molar-refractivity contribution in [1.82, 2.24) is 18.7 Å². The summed E-state index contributed by atoms with van der Waals surface area (Å²) in [6, 6.07) is 0. The third-order valence-electron chi connectivity index (χ3n) is 3.20. The Bertz CT molecular complexity index is 795. The first kappa shape index (κ1) is 13.6. The molecular weight excluding hydrogens is 268 g/mol. The molecule has 0 unspecified atom stereocenters. The molecule has 2 aromatic rings. The molecule has 0 bridgehead atoms. The van der Waals surface area contributed by atoms with Gasteiger partial charge in [0.15, 0.2) is 11.2 Å². The van der Waals surface area contributed by atoms with Crippen molar-refractivity contribution in [2.45, 2.75) is 20.4 Å². The minimum absolute atomic E-state index is 0.203. The van der Waals surface area contributed by atoms with E-state index in [4.69, 9.17) is 11.6 Å². The molecule has 0 aromatic carbocycles. The molecule has 0 N–H and O–H groups in total. The van der Waals surface area contributed by atoms with Crippen LogP contribution >= 0.6 is 11.6 Å². The lowest BCUT2D eigenvalue weighted by Gasteiger charge is -2.07. The molecule has 2 rings (SSSR count). The van der Waals surface area contributed by atoms with Gasteiger partial charge >= 0.3 is 5.69 Å². The van der Waals surface area contributed by atoms with Gasteiger partial charge in [-0.25, -0.2) is 4.79 Å². The fraction of sp³-hybridized carbons (Fsp3) is 0.417. The van der Waals surface area contributed by atoms with Crippen LogP contribution in [0.4, 0.5) is 0 Å². The molecule has 0 radical (unpaired) electrons. The molecule has 7 heteroatoms. The highest BCUT2D eigenvalue weighted by atomic mass is 35.5. The van der Waals surface area contributed by atoms with Crippen LogP contribution in [0.3, 0.4) is 0 Å². The molecule has 0 fully saturated rings. The molecule has 0 saturated carbocycles.